The molecule has 1 aliphatic carbocycles. The molecule has 2 aromatic heterocycles. The van der Waals surface area contributed by atoms with E-state index in [2.05, 4.69) is 9.97 Å². The molecule has 0 spiro atoms. The molecule has 1 unspecified atom stereocenters. The van der Waals surface area contributed by atoms with Crippen LogP contribution in [-0.2, 0) is 20.7 Å². The first-order chi connectivity index (χ1) is 11.2. The van der Waals surface area contributed by atoms with E-state index in [1.807, 2.05) is 0 Å². The first kappa shape index (κ1) is 15.5. The summed E-state index contributed by atoms with van der Waals surface area (Å²) in [6.07, 6.45) is 4.20. The average Bonchev–Trinajstić information content (AvgIpc) is 2.93. The largest absolute Gasteiger partial charge is 0.466 e. The highest BCUT2D eigenvalue weighted by molar-refractivity contribution is 5.96. The number of pyridine rings is 1. The van der Waals surface area contributed by atoms with Gasteiger partial charge in [-0.3, -0.25) is 4.79 Å². The van der Waals surface area contributed by atoms with Gasteiger partial charge in [-0.25, -0.2) is 9.78 Å². The molecule has 6 nitrogen and oxygen atoms in total. The zero-order valence-electron chi connectivity index (χ0n) is 13.3. The van der Waals surface area contributed by atoms with E-state index < -0.39 is 5.97 Å². The second-order valence-corrected chi connectivity index (χ2v) is 5.55. The van der Waals surface area contributed by atoms with Gasteiger partial charge in [0.15, 0.2) is 0 Å². The molecule has 3 rings (SSSR count). The van der Waals surface area contributed by atoms with Crippen molar-refractivity contribution in [3.63, 3.8) is 0 Å². The lowest BCUT2D eigenvalue weighted by atomic mass is 9.85. The molecule has 2 heterocycles. The fourth-order valence-electron chi connectivity index (χ4n) is 3.19. The van der Waals surface area contributed by atoms with Gasteiger partial charge in [-0.1, -0.05) is 0 Å². The Morgan fingerprint density at radius 2 is 2.09 bits per heavy atom. The number of aromatic nitrogens is 2. The van der Waals surface area contributed by atoms with Crippen LogP contribution in [0.4, 0.5) is 0 Å². The zero-order chi connectivity index (χ0) is 16.4. The molecule has 23 heavy (non-hydrogen) atoms. The number of ether oxygens (including phenoxy) is 2. The molecule has 0 fully saturated rings. The highest BCUT2D eigenvalue weighted by Gasteiger charge is 2.31. The van der Waals surface area contributed by atoms with E-state index >= 15 is 0 Å². The van der Waals surface area contributed by atoms with E-state index in [-0.39, 0.29) is 17.6 Å². The number of nitrogens with zero attached hydrogens (tertiary/aromatic N) is 1. The maximum absolute atomic E-state index is 12.3. The van der Waals surface area contributed by atoms with Crippen LogP contribution in [-0.4, -0.2) is 35.1 Å². The third-order valence-electron chi connectivity index (χ3n) is 4.13. The number of carbonyl (C=O) groups excluding carboxylic acids is 2. The molecule has 0 aromatic carbocycles. The van der Waals surface area contributed by atoms with Gasteiger partial charge in [0.25, 0.3) is 0 Å². The minimum absolute atomic E-state index is 0.205. The van der Waals surface area contributed by atoms with E-state index in [1.54, 1.807) is 26.1 Å². The molecular weight excluding hydrogens is 296 g/mol. The molecule has 0 amide bonds. The predicted octanol–water partition coefficient (Wildman–Crippen LogP) is 2.72. The standard InChI is InChI=1S/C17H20N2O4/c1-3-22-16(20)10-6-5-7-12-15(10)11-8-13(17(21)23-4-2)18-9-14(11)19-12/h8-10,19H,3-7H2,1-2H3. The van der Waals surface area contributed by atoms with Crippen LogP contribution in [0.15, 0.2) is 12.3 Å². The Kier molecular flexibility index (Phi) is 4.32. The van der Waals surface area contributed by atoms with Gasteiger partial charge >= 0.3 is 11.9 Å². The van der Waals surface area contributed by atoms with E-state index in [1.165, 1.54) is 0 Å². The number of rotatable bonds is 4. The van der Waals surface area contributed by atoms with Crippen molar-refractivity contribution < 1.29 is 19.1 Å². The van der Waals surface area contributed by atoms with E-state index in [4.69, 9.17) is 9.47 Å². The second-order valence-electron chi connectivity index (χ2n) is 5.55. The number of H-pyrrole nitrogens is 1. The number of hydrogen-bond acceptors (Lipinski definition) is 5. The molecule has 122 valence electrons. The molecule has 6 heteroatoms. The normalized spacial score (nSPS) is 16.9. The Hall–Kier alpha value is -2.37. The molecule has 0 radical (unpaired) electrons. The molecule has 0 saturated heterocycles. The van der Waals surface area contributed by atoms with Gasteiger partial charge in [-0.05, 0) is 44.7 Å². The van der Waals surface area contributed by atoms with Gasteiger partial charge in [0, 0.05) is 11.1 Å². The summed E-state index contributed by atoms with van der Waals surface area (Å²) in [7, 11) is 0. The highest BCUT2D eigenvalue weighted by Crippen LogP contribution is 2.37. The fraction of sp³-hybridized carbons (Fsp3) is 0.471. The van der Waals surface area contributed by atoms with Crippen LogP contribution in [0.3, 0.4) is 0 Å². The van der Waals surface area contributed by atoms with Crippen LogP contribution < -0.4 is 0 Å². The van der Waals surface area contributed by atoms with Crippen molar-refractivity contribution in [2.45, 2.75) is 39.0 Å². The average molecular weight is 316 g/mol. The number of aromatic amines is 1. The van der Waals surface area contributed by atoms with Crippen LogP contribution in [0.2, 0.25) is 0 Å². The lowest BCUT2D eigenvalue weighted by Gasteiger charge is -2.21. The first-order valence-electron chi connectivity index (χ1n) is 8.00. The molecule has 0 bridgehead atoms. The van der Waals surface area contributed by atoms with Crippen molar-refractivity contribution in [2.24, 2.45) is 0 Å². The van der Waals surface area contributed by atoms with Crippen LogP contribution in [0.1, 0.15) is 54.4 Å². The Bertz CT molecular complexity index is 750. The van der Waals surface area contributed by atoms with Crippen molar-refractivity contribution in [1.82, 2.24) is 9.97 Å². The van der Waals surface area contributed by atoms with Crippen molar-refractivity contribution in [3.05, 3.63) is 29.2 Å². The minimum Gasteiger partial charge on any atom is -0.466 e. The third kappa shape index (κ3) is 2.81. The quantitative estimate of drug-likeness (QED) is 0.877. The molecule has 0 aliphatic heterocycles. The van der Waals surface area contributed by atoms with Crippen LogP contribution in [0.25, 0.3) is 10.9 Å². The van der Waals surface area contributed by atoms with E-state index in [9.17, 15) is 9.59 Å². The van der Waals surface area contributed by atoms with Crippen molar-refractivity contribution in [3.8, 4) is 0 Å². The number of hydrogen-bond donors (Lipinski definition) is 1. The molecular formula is C17H20N2O4. The summed E-state index contributed by atoms with van der Waals surface area (Å²) >= 11 is 0. The van der Waals surface area contributed by atoms with Crippen molar-refractivity contribution >= 4 is 22.8 Å². The Labute approximate surface area is 134 Å². The minimum atomic E-state index is -0.451. The van der Waals surface area contributed by atoms with Gasteiger partial charge in [0.05, 0.1) is 30.8 Å². The van der Waals surface area contributed by atoms with Crippen molar-refractivity contribution in [2.75, 3.05) is 13.2 Å². The van der Waals surface area contributed by atoms with Gasteiger partial charge in [0.2, 0.25) is 0 Å². The van der Waals surface area contributed by atoms with Gasteiger partial charge < -0.3 is 14.5 Å². The summed E-state index contributed by atoms with van der Waals surface area (Å²) < 4.78 is 10.2. The third-order valence-corrected chi connectivity index (χ3v) is 4.13. The Morgan fingerprint density at radius 3 is 2.83 bits per heavy atom. The van der Waals surface area contributed by atoms with Crippen molar-refractivity contribution in [1.29, 1.82) is 0 Å². The summed E-state index contributed by atoms with van der Waals surface area (Å²) in [4.78, 5) is 31.7. The van der Waals surface area contributed by atoms with Crippen LogP contribution >= 0.6 is 0 Å². The summed E-state index contributed by atoms with van der Waals surface area (Å²) in [6, 6.07) is 1.71. The maximum Gasteiger partial charge on any atom is 0.356 e. The molecule has 1 atom stereocenters. The Balaban J connectivity index is 2.07. The van der Waals surface area contributed by atoms with Gasteiger partial charge in [0.1, 0.15) is 5.69 Å². The Morgan fingerprint density at radius 1 is 1.30 bits per heavy atom. The lowest BCUT2D eigenvalue weighted by Crippen LogP contribution is -2.20. The zero-order valence-corrected chi connectivity index (χ0v) is 13.3. The smallest absolute Gasteiger partial charge is 0.356 e. The lowest BCUT2D eigenvalue weighted by molar-refractivity contribution is -0.145. The highest BCUT2D eigenvalue weighted by atomic mass is 16.5. The molecule has 2 aromatic rings. The monoisotopic (exact) mass is 316 g/mol. The van der Waals surface area contributed by atoms with Gasteiger partial charge in [-0.2, -0.15) is 0 Å². The summed E-state index contributed by atoms with van der Waals surface area (Å²) in [5.74, 6) is -0.943. The van der Waals surface area contributed by atoms with E-state index in [0.29, 0.717) is 13.2 Å². The number of fused-ring (bicyclic) bond motifs is 3. The second kappa shape index (κ2) is 6.40. The maximum atomic E-state index is 12.3. The van der Waals surface area contributed by atoms with Crippen LogP contribution in [0.5, 0.6) is 0 Å². The van der Waals surface area contributed by atoms with E-state index in [0.717, 1.165) is 41.4 Å². The summed E-state index contributed by atoms with van der Waals surface area (Å²) in [5, 5.41) is 0.857. The number of carbonyl (C=O) groups is 2. The number of esters is 2. The first-order valence-corrected chi connectivity index (χ1v) is 8.00. The predicted molar refractivity (Wildman–Crippen MR) is 84.4 cm³/mol. The molecule has 1 aliphatic rings. The SMILES string of the molecule is CCOC(=O)c1cc2c3c([nH]c2cn1)CCCC3C(=O)OCC. The topological polar surface area (TPSA) is 81.3 Å². The van der Waals surface area contributed by atoms with Crippen LogP contribution in [0, 0.1) is 0 Å². The number of nitrogens with one attached hydrogen (secondary N) is 1. The molecule has 1 N–H and O–H groups in total. The fourth-order valence-corrected chi connectivity index (χ4v) is 3.19. The summed E-state index contributed by atoms with van der Waals surface area (Å²) in [5.41, 5.74) is 3.07. The number of aryl methyl sites for hydroxylation is 1. The molecule has 0 saturated carbocycles. The van der Waals surface area contributed by atoms with Gasteiger partial charge in [-0.15, -0.1) is 0 Å². The summed E-state index contributed by atoms with van der Waals surface area (Å²) in [6.45, 7) is 4.23.